The maximum atomic E-state index is 10.6. The average Bonchev–Trinajstić information content (AvgIpc) is 3.21. The molecule has 180 valence electrons. The summed E-state index contributed by atoms with van der Waals surface area (Å²) in [4.78, 5) is 23.5. The maximum Gasteiger partial charge on any atom is 0.304 e. The molecule has 0 radical (unpaired) electrons. The molecule has 0 bridgehead atoms. The summed E-state index contributed by atoms with van der Waals surface area (Å²) in [6, 6.07) is 11.1. The van der Waals surface area contributed by atoms with Crippen LogP contribution in [0.4, 0.5) is 0 Å². The van der Waals surface area contributed by atoms with Gasteiger partial charge in [-0.05, 0) is 50.6 Å². The van der Waals surface area contributed by atoms with E-state index in [9.17, 15) is 4.79 Å². The molecule has 0 amide bonds. The van der Waals surface area contributed by atoms with Gasteiger partial charge in [0.1, 0.15) is 5.75 Å². The minimum absolute atomic E-state index is 0.00581. The molecule has 1 heterocycles. The van der Waals surface area contributed by atoms with Crippen molar-refractivity contribution in [1.29, 1.82) is 0 Å². The lowest BCUT2D eigenvalue weighted by molar-refractivity contribution is -0.136. The van der Waals surface area contributed by atoms with Crippen molar-refractivity contribution in [2.45, 2.75) is 32.8 Å². The van der Waals surface area contributed by atoms with E-state index in [0.29, 0.717) is 35.1 Å². The number of aliphatic carboxylic acids is 1. The molecule has 0 aliphatic rings. The van der Waals surface area contributed by atoms with Crippen LogP contribution in [0.3, 0.4) is 0 Å². The molecule has 0 saturated heterocycles. The zero-order valence-electron chi connectivity index (χ0n) is 19.2. The fraction of sp³-hybridized carbons (Fsp3) is 0.280. The van der Waals surface area contributed by atoms with E-state index in [-0.39, 0.29) is 18.4 Å². The molecular weight excluding hydrogens is 456 g/mol. The number of hydrogen-bond donors (Lipinski definition) is 4. The van der Waals surface area contributed by atoms with Crippen LogP contribution in [0.2, 0.25) is 5.02 Å². The third kappa shape index (κ3) is 6.38. The molecule has 2 aromatic carbocycles. The number of carboxylic acids is 1. The molecule has 0 aliphatic heterocycles. The fourth-order valence-electron chi connectivity index (χ4n) is 3.53. The van der Waals surface area contributed by atoms with Crippen molar-refractivity contribution in [2.24, 2.45) is 10.9 Å². The molecule has 0 aliphatic carbocycles. The van der Waals surface area contributed by atoms with Crippen LogP contribution >= 0.6 is 11.6 Å². The molecule has 1 aromatic heterocycles. The van der Waals surface area contributed by atoms with Gasteiger partial charge in [0.15, 0.2) is 0 Å². The molecule has 8 nitrogen and oxygen atoms in total. The second-order valence-electron chi connectivity index (χ2n) is 7.98. The number of ether oxygens (including phenoxy) is 1. The number of H-pyrrole nitrogens is 1. The fourth-order valence-corrected chi connectivity index (χ4v) is 3.75. The molecule has 0 fully saturated rings. The highest BCUT2D eigenvalue weighted by Crippen LogP contribution is 2.29. The van der Waals surface area contributed by atoms with E-state index in [2.05, 4.69) is 21.9 Å². The topological polar surface area (TPSA) is 122 Å². The number of para-hydroxylation sites is 1. The van der Waals surface area contributed by atoms with Gasteiger partial charge in [-0.2, -0.15) is 5.90 Å². The molecule has 9 heteroatoms. The van der Waals surface area contributed by atoms with Gasteiger partial charge in [-0.15, -0.1) is 0 Å². The Labute approximate surface area is 203 Å². The number of aromatic nitrogens is 1. The summed E-state index contributed by atoms with van der Waals surface area (Å²) in [6.45, 7) is 9.07. The maximum absolute atomic E-state index is 10.6. The van der Waals surface area contributed by atoms with Crippen molar-refractivity contribution in [3.63, 3.8) is 0 Å². The highest BCUT2D eigenvalue weighted by Gasteiger charge is 2.14. The second-order valence-corrected chi connectivity index (χ2v) is 8.39. The number of nitrogens with one attached hydrogen (secondary N) is 2. The van der Waals surface area contributed by atoms with Crippen LogP contribution in [0.25, 0.3) is 16.6 Å². The zero-order valence-corrected chi connectivity index (χ0v) is 20.0. The van der Waals surface area contributed by atoms with Gasteiger partial charge in [0, 0.05) is 29.3 Å². The van der Waals surface area contributed by atoms with Crippen molar-refractivity contribution in [3.05, 3.63) is 70.9 Å². The summed E-state index contributed by atoms with van der Waals surface area (Å²) in [5, 5.41) is 13.4. The average molecular weight is 485 g/mol. The van der Waals surface area contributed by atoms with Crippen molar-refractivity contribution in [1.82, 2.24) is 10.3 Å². The third-order valence-electron chi connectivity index (χ3n) is 5.09. The van der Waals surface area contributed by atoms with Gasteiger partial charge in [0.05, 0.1) is 28.8 Å². The quantitative estimate of drug-likeness (QED) is 0.137. The smallest absolute Gasteiger partial charge is 0.304 e. The lowest BCUT2D eigenvalue weighted by Gasteiger charge is -2.13. The normalized spacial score (nSPS) is 11.7. The van der Waals surface area contributed by atoms with Crippen LogP contribution in [0, 0.1) is 0 Å². The first-order chi connectivity index (χ1) is 16.3. The number of aromatic amines is 1. The Morgan fingerprint density at radius 2 is 2.09 bits per heavy atom. The minimum Gasteiger partial charge on any atom is -0.489 e. The van der Waals surface area contributed by atoms with Crippen molar-refractivity contribution in [3.8, 4) is 5.75 Å². The number of fused-ring (bicyclic) bond motifs is 1. The number of carbonyl (C=O) groups is 1. The predicted octanol–water partition coefficient (Wildman–Crippen LogP) is 4.52. The van der Waals surface area contributed by atoms with Crippen LogP contribution in [-0.4, -0.2) is 41.2 Å². The SMILES string of the molecule is C=C(/N=C(\ON)c1ccc(OC(C)C)c(Cl)c1)c1cccc2c(CCNCCC(=O)O)c[nH]c12. The Hall–Kier alpha value is -3.33. The number of carboxylic acid groups (broad SMARTS) is 1. The van der Waals surface area contributed by atoms with E-state index in [1.807, 2.05) is 38.2 Å². The Morgan fingerprint density at radius 1 is 1.29 bits per heavy atom. The Kier molecular flexibility index (Phi) is 8.70. The van der Waals surface area contributed by atoms with E-state index >= 15 is 0 Å². The highest BCUT2D eigenvalue weighted by atomic mass is 35.5. The Bertz CT molecular complexity index is 1200. The summed E-state index contributed by atoms with van der Waals surface area (Å²) in [5.74, 6) is 5.45. The van der Waals surface area contributed by atoms with Gasteiger partial charge in [0.2, 0.25) is 5.90 Å². The molecule has 0 unspecified atom stereocenters. The first kappa shape index (κ1) is 25.3. The standard InChI is InChI=1S/C25H29ClN4O4/c1-15(2)33-22-8-7-17(13-21(22)26)25(34-27)30-16(3)19-5-4-6-20-18(14-29-24(19)20)9-11-28-12-10-23(31)32/h4-8,13-15,28-29H,3,9-12,27H2,1-2H3,(H,31,32)/b30-25-. The van der Waals surface area contributed by atoms with Crippen molar-refractivity contribution >= 4 is 40.1 Å². The summed E-state index contributed by atoms with van der Waals surface area (Å²) < 4.78 is 5.67. The zero-order chi connectivity index (χ0) is 24.7. The van der Waals surface area contributed by atoms with Gasteiger partial charge in [0.25, 0.3) is 0 Å². The first-order valence-corrected chi connectivity index (χ1v) is 11.3. The third-order valence-corrected chi connectivity index (χ3v) is 5.38. The number of nitrogens with two attached hydrogens (primary N) is 1. The van der Waals surface area contributed by atoms with E-state index < -0.39 is 5.97 Å². The monoisotopic (exact) mass is 484 g/mol. The molecule has 0 atom stereocenters. The highest BCUT2D eigenvalue weighted by molar-refractivity contribution is 6.32. The Morgan fingerprint density at radius 3 is 2.76 bits per heavy atom. The summed E-state index contributed by atoms with van der Waals surface area (Å²) in [5.41, 5.74) is 3.88. The van der Waals surface area contributed by atoms with Crippen molar-refractivity contribution < 1.29 is 19.5 Å². The molecule has 5 N–H and O–H groups in total. The van der Waals surface area contributed by atoms with Gasteiger partial charge in [-0.25, -0.2) is 4.99 Å². The van der Waals surface area contributed by atoms with E-state index in [1.54, 1.807) is 18.2 Å². The van der Waals surface area contributed by atoms with E-state index in [1.165, 1.54) is 0 Å². The number of hydrogen-bond acceptors (Lipinski definition) is 6. The number of nitrogens with zero attached hydrogens (tertiary/aromatic N) is 1. The molecule has 34 heavy (non-hydrogen) atoms. The van der Waals surface area contributed by atoms with Gasteiger partial charge < -0.3 is 25.0 Å². The first-order valence-electron chi connectivity index (χ1n) is 10.9. The molecule has 3 aromatic rings. The van der Waals surface area contributed by atoms with Gasteiger partial charge >= 0.3 is 5.97 Å². The van der Waals surface area contributed by atoms with E-state index in [0.717, 1.165) is 28.5 Å². The van der Waals surface area contributed by atoms with E-state index in [4.69, 9.17) is 32.2 Å². The van der Waals surface area contributed by atoms with Crippen LogP contribution in [0.5, 0.6) is 5.75 Å². The Balaban J connectivity index is 1.79. The summed E-state index contributed by atoms with van der Waals surface area (Å²) >= 11 is 6.35. The molecule has 0 saturated carbocycles. The number of aliphatic imine (C=N–C) groups is 1. The second kappa shape index (κ2) is 11.7. The molecular formula is C25H29ClN4O4. The number of benzene rings is 2. The predicted molar refractivity (Wildman–Crippen MR) is 135 cm³/mol. The molecule has 0 spiro atoms. The van der Waals surface area contributed by atoms with Gasteiger partial charge in [-0.3, -0.25) is 4.79 Å². The van der Waals surface area contributed by atoms with Crippen LogP contribution < -0.4 is 16.0 Å². The van der Waals surface area contributed by atoms with Gasteiger partial charge in [-0.1, -0.05) is 36.4 Å². The summed E-state index contributed by atoms with van der Waals surface area (Å²) in [7, 11) is 0. The largest absolute Gasteiger partial charge is 0.489 e. The van der Waals surface area contributed by atoms with Crippen molar-refractivity contribution in [2.75, 3.05) is 13.1 Å². The minimum atomic E-state index is -0.814. The van der Waals surface area contributed by atoms with Crippen LogP contribution in [-0.2, 0) is 16.1 Å². The number of halogens is 1. The number of rotatable bonds is 11. The van der Waals surface area contributed by atoms with Crippen LogP contribution in [0.1, 0.15) is 37.0 Å². The summed E-state index contributed by atoms with van der Waals surface area (Å²) in [6.07, 6.45) is 2.78. The van der Waals surface area contributed by atoms with Crippen LogP contribution in [0.15, 0.2) is 54.2 Å². The molecule has 3 rings (SSSR count). The lowest BCUT2D eigenvalue weighted by Crippen LogP contribution is -2.20. The lowest BCUT2D eigenvalue weighted by atomic mass is 10.1.